The van der Waals surface area contributed by atoms with Gasteiger partial charge in [-0.3, -0.25) is 0 Å². The fourth-order valence-corrected chi connectivity index (χ4v) is 2.64. The van der Waals surface area contributed by atoms with E-state index in [1.807, 2.05) is 18.2 Å². The number of imidazole rings is 1. The molecule has 0 atom stereocenters. The lowest BCUT2D eigenvalue weighted by Crippen LogP contribution is -2.16. The summed E-state index contributed by atoms with van der Waals surface area (Å²) in [5.41, 5.74) is 2.22. The molecule has 1 aromatic carbocycles. The van der Waals surface area contributed by atoms with Gasteiger partial charge in [-0.05, 0) is 49.7 Å². The molecule has 0 saturated heterocycles. The maximum atomic E-state index is 5.94. The van der Waals surface area contributed by atoms with E-state index in [2.05, 4.69) is 9.55 Å². The molecule has 1 aliphatic carbocycles. The zero-order valence-corrected chi connectivity index (χ0v) is 9.74. The number of aromatic amines is 1. The van der Waals surface area contributed by atoms with Crippen LogP contribution in [0.1, 0.15) is 25.3 Å². The van der Waals surface area contributed by atoms with Crippen LogP contribution in [0.25, 0.3) is 11.0 Å². The Morgan fingerprint density at radius 2 is 2.20 bits per heavy atom. The van der Waals surface area contributed by atoms with Crippen LogP contribution < -0.4 is 0 Å². The zero-order valence-electron chi connectivity index (χ0n) is 8.16. The SMILES string of the molecule is S=c1[nH]c2cc(Cl)ccc2n1C1CCC1. The number of nitrogens with zero attached hydrogens (tertiary/aromatic N) is 1. The first-order valence-corrected chi connectivity index (χ1v) is 5.94. The van der Waals surface area contributed by atoms with Crippen molar-refractivity contribution in [1.82, 2.24) is 9.55 Å². The highest BCUT2D eigenvalue weighted by Crippen LogP contribution is 2.34. The quantitative estimate of drug-likeness (QED) is 0.743. The minimum absolute atomic E-state index is 0.590. The van der Waals surface area contributed by atoms with Gasteiger partial charge in [0, 0.05) is 11.1 Å². The zero-order chi connectivity index (χ0) is 10.4. The van der Waals surface area contributed by atoms with Crippen LogP contribution in [-0.2, 0) is 0 Å². The molecule has 0 bridgehead atoms. The molecule has 0 amide bonds. The van der Waals surface area contributed by atoms with Crippen LogP contribution in [0.5, 0.6) is 0 Å². The maximum absolute atomic E-state index is 5.94. The Hall–Kier alpha value is -0.800. The molecule has 3 rings (SSSR count). The largest absolute Gasteiger partial charge is 0.331 e. The van der Waals surface area contributed by atoms with E-state index in [-0.39, 0.29) is 0 Å². The third kappa shape index (κ3) is 1.42. The highest BCUT2D eigenvalue weighted by atomic mass is 35.5. The third-order valence-electron chi connectivity index (χ3n) is 3.12. The Balaban J connectivity index is 2.27. The highest BCUT2D eigenvalue weighted by molar-refractivity contribution is 7.71. The number of hydrogen-bond acceptors (Lipinski definition) is 1. The predicted molar refractivity (Wildman–Crippen MR) is 65.0 cm³/mol. The molecule has 1 aliphatic rings. The number of nitrogens with one attached hydrogen (secondary N) is 1. The van der Waals surface area contributed by atoms with Crippen molar-refractivity contribution in [2.75, 3.05) is 0 Å². The third-order valence-corrected chi connectivity index (χ3v) is 3.65. The molecule has 0 unspecified atom stereocenters. The number of halogens is 1. The van der Waals surface area contributed by atoms with E-state index >= 15 is 0 Å². The van der Waals surface area contributed by atoms with E-state index in [1.54, 1.807) is 0 Å². The Kier molecular flexibility index (Phi) is 2.11. The number of fused-ring (bicyclic) bond motifs is 1. The topological polar surface area (TPSA) is 20.7 Å². The Bertz CT molecular complexity index is 565. The highest BCUT2D eigenvalue weighted by Gasteiger charge is 2.21. The van der Waals surface area contributed by atoms with Crippen LogP contribution >= 0.6 is 23.8 Å². The summed E-state index contributed by atoms with van der Waals surface area (Å²) in [7, 11) is 0. The van der Waals surface area contributed by atoms with Crippen LogP contribution in [0.4, 0.5) is 0 Å². The molecular formula is C11H11ClN2S. The Morgan fingerprint density at radius 1 is 1.40 bits per heavy atom. The summed E-state index contributed by atoms with van der Waals surface area (Å²) in [6.45, 7) is 0. The van der Waals surface area contributed by atoms with Gasteiger partial charge in [0.15, 0.2) is 4.77 Å². The monoisotopic (exact) mass is 238 g/mol. The second-order valence-electron chi connectivity index (χ2n) is 4.05. The standard InChI is InChI=1S/C11H11ClN2S/c12-7-4-5-10-9(6-7)13-11(15)14(10)8-2-1-3-8/h4-6,8H,1-3H2,(H,13,15). The normalized spacial score (nSPS) is 16.9. The van der Waals surface area contributed by atoms with Gasteiger partial charge in [0.1, 0.15) is 0 Å². The molecule has 1 saturated carbocycles. The molecule has 2 nitrogen and oxygen atoms in total. The van der Waals surface area contributed by atoms with Crippen molar-refractivity contribution in [2.45, 2.75) is 25.3 Å². The summed E-state index contributed by atoms with van der Waals surface area (Å²) in [5.74, 6) is 0. The van der Waals surface area contributed by atoms with Gasteiger partial charge in [0.25, 0.3) is 0 Å². The fraction of sp³-hybridized carbons (Fsp3) is 0.364. The lowest BCUT2D eigenvalue weighted by Gasteiger charge is -2.27. The number of H-pyrrole nitrogens is 1. The molecule has 1 N–H and O–H groups in total. The van der Waals surface area contributed by atoms with Gasteiger partial charge in [-0.15, -0.1) is 0 Å². The molecule has 2 aromatic rings. The van der Waals surface area contributed by atoms with Crippen molar-refractivity contribution < 1.29 is 0 Å². The van der Waals surface area contributed by atoms with Crippen LogP contribution in [-0.4, -0.2) is 9.55 Å². The summed E-state index contributed by atoms with van der Waals surface area (Å²) in [5, 5.41) is 0.750. The molecule has 1 fully saturated rings. The van der Waals surface area contributed by atoms with Crippen molar-refractivity contribution in [3.05, 3.63) is 28.0 Å². The number of rotatable bonds is 1. The average Bonchev–Trinajstić information content (AvgIpc) is 2.40. The molecule has 15 heavy (non-hydrogen) atoms. The van der Waals surface area contributed by atoms with Crippen LogP contribution in [0.15, 0.2) is 18.2 Å². The van der Waals surface area contributed by atoms with Crippen molar-refractivity contribution in [2.24, 2.45) is 0 Å². The van der Waals surface area contributed by atoms with Crippen LogP contribution in [0, 0.1) is 4.77 Å². The first-order chi connectivity index (χ1) is 7.25. The van der Waals surface area contributed by atoms with E-state index in [0.29, 0.717) is 6.04 Å². The molecule has 4 heteroatoms. The lowest BCUT2D eigenvalue weighted by atomic mass is 9.93. The summed E-state index contributed by atoms with van der Waals surface area (Å²) in [6.07, 6.45) is 3.79. The Morgan fingerprint density at radius 3 is 2.87 bits per heavy atom. The van der Waals surface area contributed by atoms with Crippen LogP contribution in [0.2, 0.25) is 5.02 Å². The van der Waals surface area contributed by atoms with Crippen molar-refractivity contribution in [3.63, 3.8) is 0 Å². The van der Waals surface area contributed by atoms with Crippen molar-refractivity contribution in [3.8, 4) is 0 Å². The molecule has 1 heterocycles. The van der Waals surface area contributed by atoms with Gasteiger partial charge in [-0.1, -0.05) is 11.6 Å². The van der Waals surface area contributed by atoms with Crippen LogP contribution in [0.3, 0.4) is 0 Å². The number of aromatic nitrogens is 2. The predicted octanol–water partition coefficient (Wildman–Crippen LogP) is 4.08. The minimum Gasteiger partial charge on any atom is -0.331 e. The lowest BCUT2D eigenvalue weighted by molar-refractivity contribution is 0.318. The second-order valence-corrected chi connectivity index (χ2v) is 4.87. The van der Waals surface area contributed by atoms with Crippen molar-refractivity contribution >= 4 is 34.9 Å². The number of hydrogen-bond donors (Lipinski definition) is 1. The van der Waals surface area contributed by atoms with Gasteiger partial charge >= 0.3 is 0 Å². The van der Waals surface area contributed by atoms with Crippen molar-refractivity contribution in [1.29, 1.82) is 0 Å². The van der Waals surface area contributed by atoms with Gasteiger partial charge in [-0.25, -0.2) is 0 Å². The molecule has 1 aromatic heterocycles. The van der Waals surface area contributed by atoms with Gasteiger partial charge in [-0.2, -0.15) is 0 Å². The molecule has 0 aliphatic heterocycles. The molecule has 78 valence electrons. The fourth-order valence-electron chi connectivity index (χ4n) is 2.11. The first kappa shape index (κ1) is 9.43. The summed E-state index contributed by atoms with van der Waals surface area (Å²) in [6, 6.07) is 6.48. The minimum atomic E-state index is 0.590. The molecular weight excluding hydrogens is 228 g/mol. The van der Waals surface area contributed by atoms with E-state index in [4.69, 9.17) is 23.8 Å². The van der Waals surface area contributed by atoms with E-state index < -0.39 is 0 Å². The summed E-state index contributed by atoms with van der Waals surface area (Å²) < 4.78 is 3.04. The first-order valence-electron chi connectivity index (χ1n) is 5.15. The van der Waals surface area contributed by atoms with E-state index in [9.17, 15) is 0 Å². The van der Waals surface area contributed by atoms with Gasteiger partial charge in [0.05, 0.1) is 11.0 Å². The second kappa shape index (κ2) is 3.35. The maximum Gasteiger partial charge on any atom is 0.178 e. The summed E-state index contributed by atoms with van der Waals surface area (Å²) in [4.78, 5) is 3.21. The molecule has 0 spiro atoms. The van der Waals surface area contributed by atoms with Gasteiger partial charge < -0.3 is 9.55 Å². The number of benzene rings is 1. The molecule has 0 radical (unpaired) electrons. The van der Waals surface area contributed by atoms with Gasteiger partial charge in [0.2, 0.25) is 0 Å². The van der Waals surface area contributed by atoms with E-state index in [0.717, 1.165) is 15.3 Å². The average molecular weight is 239 g/mol. The summed E-state index contributed by atoms with van der Waals surface area (Å²) >= 11 is 11.3. The Labute approximate surface area is 97.9 Å². The van der Waals surface area contributed by atoms with E-state index in [1.165, 1.54) is 24.8 Å². The smallest absolute Gasteiger partial charge is 0.178 e.